The standard InChI is InChI=1S/C17H18FN/c1-11-7-8-14(18)10-15(11)17-12(2)9-13-5-3-4-6-16(13)19-17/h3-8,10,12,17,19H,9H2,1-2H3. The van der Waals surface area contributed by atoms with E-state index in [4.69, 9.17) is 0 Å². The van der Waals surface area contributed by atoms with Crippen LogP contribution in [-0.4, -0.2) is 0 Å². The van der Waals surface area contributed by atoms with Crippen molar-refractivity contribution >= 4 is 5.69 Å². The molecule has 1 heterocycles. The number of anilines is 1. The molecule has 1 N–H and O–H groups in total. The molecule has 0 saturated carbocycles. The number of rotatable bonds is 1. The second kappa shape index (κ2) is 4.69. The first kappa shape index (κ1) is 12.2. The van der Waals surface area contributed by atoms with E-state index < -0.39 is 0 Å². The van der Waals surface area contributed by atoms with E-state index in [9.17, 15) is 4.39 Å². The molecule has 0 amide bonds. The van der Waals surface area contributed by atoms with Gasteiger partial charge in [-0.3, -0.25) is 0 Å². The summed E-state index contributed by atoms with van der Waals surface area (Å²) in [7, 11) is 0. The van der Waals surface area contributed by atoms with Crippen LogP contribution in [0.25, 0.3) is 0 Å². The maximum Gasteiger partial charge on any atom is 0.123 e. The van der Waals surface area contributed by atoms with Gasteiger partial charge in [-0.15, -0.1) is 0 Å². The number of para-hydroxylation sites is 1. The Labute approximate surface area is 113 Å². The Morgan fingerprint density at radius 2 is 1.95 bits per heavy atom. The van der Waals surface area contributed by atoms with Crippen LogP contribution in [0.2, 0.25) is 0 Å². The van der Waals surface area contributed by atoms with Gasteiger partial charge in [0.1, 0.15) is 5.82 Å². The lowest BCUT2D eigenvalue weighted by Crippen LogP contribution is -2.26. The van der Waals surface area contributed by atoms with Crippen LogP contribution in [-0.2, 0) is 6.42 Å². The van der Waals surface area contributed by atoms with Crippen LogP contribution >= 0.6 is 0 Å². The van der Waals surface area contributed by atoms with Crippen molar-refractivity contribution in [2.45, 2.75) is 26.3 Å². The molecule has 19 heavy (non-hydrogen) atoms. The molecule has 2 atom stereocenters. The zero-order chi connectivity index (χ0) is 13.4. The minimum Gasteiger partial charge on any atom is -0.378 e. The van der Waals surface area contributed by atoms with E-state index >= 15 is 0 Å². The smallest absolute Gasteiger partial charge is 0.123 e. The molecular formula is C17H18FN. The first-order chi connectivity index (χ1) is 9.15. The highest BCUT2D eigenvalue weighted by atomic mass is 19.1. The second-order valence-electron chi connectivity index (χ2n) is 5.46. The normalized spacial score (nSPS) is 21.6. The molecule has 3 rings (SSSR count). The molecule has 0 aliphatic carbocycles. The summed E-state index contributed by atoms with van der Waals surface area (Å²) in [6, 6.07) is 13.6. The largest absolute Gasteiger partial charge is 0.378 e. The van der Waals surface area contributed by atoms with Crippen LogP contribution < -0.4 is 5.32 Å². The average molecular weight is 255 g/mol. The molecule has 0 radical (unpaired) electrons. The van der Waals surface area contributed by atoms with Gasteiger partial charge in [0.15, 0.2) is 0 Å². The van der Waals surface area contributed by atoms with E-state index in [2.05, 4.69) is 30.4 Å². The molecule has 98 valence electrons. The summed E-state index contributed by atoms with van der Waals surface area (Å²) in [6.07, 6.45) is 1.03. The van der Waals surface area contributed by atoms with Gasteiger partial charge in [-0.05, 0) is 54.2 Å². The highest BCUT2D eigenvalue weighted by Gasteiger charge is 2.26. The Kier molecular flexibility index (Phi) is 3.02. The van der Waals surface area contributed by atoms with Crippen LogP contribution in [0, 0.1) is 18.7 Å². The molecule has 1 aliphatic heterocycles. The van der Waals surface area contributed by atoms with E-state index in [-0.39, 0.29) is 11.9 Å². The Morgan fingerprint density at radius 3 is 2.79 bits per heavy atom. The Hall–Kier alpha value is -1.83. The minimum atomic E-state index is -0.159. The number of aryl methyl sites for hydroxylation is 1. The fourth-order valence-electron chi connectivity index (χ4n) is 2.94. The van der Waals surface area contributed by atoms with E-state index in [1.165, 1.54) is 17.3 Å². The van der Waals surface area contributed by atoms with Gasteiger partial charge in [-0.1, -0.05) is 31.2 Å². The molecule has 0 aromatic heterocycles. The van der Waals surface area contributed by atoms with Gasteiger partial charge in [0.05, 0.1) is 6.04 Å². The Bertz CT molecular complexity index is 606. The average Bonchev–Trinajstić information content (AvgIpc) is 2.41. The first-order valence-corrected chi connectivity index (χ1v) is 6.75. The molecule has 0 fully saturated rings. The molecule has 0 spiro atoms. The third-order valence-electron chi connectivity index (χ3n) is 4.02. The molecule has 2 heteroatoms. The van der Waals surface area contributed by atoms with Gasteiger partial charge in [0, 0.05) is 5.69 Å². The molecular weight excluding hydrogens is 237 g/mol. The number of halogens is 1. The molecule has 2 aromatic carbocycles. The van der Waals surface area contributed by atoms with E-state index in [1.807, 2.05) is 19.1 Å². The summed E-state index contributed by atoms with van der Waals surface area (Å²) >= 11 is 0. The van der Waals surface area contributed by atoms with Crippen molar-refractivity contribution in [1.29, 1.82) is 0 Å². The predicted octanol–water partition coefficient (Wildman–Crippen LogP) is 4.48. The number of benzene rings is 2. The van der Waals surface area contributed by atoms with Crippen LogP contribution in [0.15, 0.2) is 42.5 Å². The van der Waals surface area contributed by atoms with Crippen molar-refractivity contribution in [1.82, 2.24) is 0 Å². The summed E-state index contributed by atoms with van der Waals surface area (Å²) in [4.78, 5) is 0. The van der Waals surface area contributed by atoms with Crippen LogP contribution in [0.3, 0.4) is 0 Å². The van der Waals surface area contributed by atoms with Crippen LogP contribution in [0.1, 0.15) is 29.7 Å². The lowest BCUT2D eigenvalue weighted by atomic mass is 9.83. The van der Waals surface area contributed by atoms with E-state index in [1.54, 1.807) is 6.07 Å². The van der Waals surface area contributed by atoms with Gasteiger partial charge in [0.25, 0.3) is 0 Å². The van der Waals surface area contributed by atoms with Crippen molar-refractivity contribution in [2.24, 2.45) is 5.92 Å². The summed E-state index contributed by atoms with van der Waals surface area (Å²) in [5.41, 5.74) is 4.74. The molecule has 0 saturated heterocycles. The van der Waals surface area contributed by atoms with Gasteiger partial charge < -0.3 is 5.32 Å². The topological polar surface area (TPSA) is 12.0 Å². The number of nitrogens with one attached hydrogen (secondary N) is 1. The maximum atomic E-state index is 13.5. The molecule has 1 nitrogen and oxygen atoms in total. The molecule has 0 bridgehead atoms. The fourth-order valence-corrected chi connectivity index (χ4v) is 2.94. The number of hydrogen-bond acceptors (Lipinski definition) is 1. The molecule has 2 unspecified atom stereocenters. The van der Waals surface area contributed by atoms with Crippen LogP contribution in [0.5, 0.6) is 0 Å². The van der Waals surface area contributed by atoms with Crippen molar-refractivity contribution in [3.8, 4) is 0 Å². The summed E-state index contributed by atoms with van der Waals surface area (Å²) in [6.45, 7) is 4.27. The van der Waals surface area contributed by atoms with Crippen molar-refractivity contribution < 1.29 is 4.39 Å². The zero-order valence-electron chi connectivity index (χ0n) is 11.3. The van der Waals surface area contributed by atoms with Crippen molar-refractivity contribution in [3.05, 3.63) is 65.0 Å². The zero-order valence-corrected chi connectivity index (χ0v) is 11.3. The minimum absolute atomic E-state index is 0.159. The highest BCUT2D eigenvalue weighted by molar-refractivity contribution is 5.55. The van der Waals surface area contributed by atoms with Gasteiger partial charge >= 0.3 is 0 Å². The monoisotopic (exact) mass is 255 g/mol. The van der Waals surface area contributed by atoms with Gasteiger partial charge in [-0.25, -0.2) is 4.39 Å². The fraction of sp³-hybridized carbons (Fsp3) is 0.294. The first-order valence-electron chi connectivity index (χ1n) is 6.75. The number of hydrogen-bond donors (Lipinski definition) is 1. The van der Waals surface area contributed by atoms with E-state index in [0.717, 1.165) is 17.5 Å². The molecule has 2 aromatic rings. The second-order valence-corrected chi connectivity index (χ2v) is 5.46. The third-order valence-corrected chi connectivity index (χ3v) is 4.02. The lowest BCUT2D eigenvalue weighted by molar-refractivity contribution is 0.475. The Balaban J connectivity index is 2.00. The maximum absolute atomic E-state index is 13.5. The summed E-state index contributed by atoms with van der Waals surface area (Å²) in [5.74, 6) is 0.295. The lowest BCUT2D eigenvalue weighted by Gasteiger charge is -2.34. The predicted molar refractivity (Wildman–Crippen MR) is 76.8 cm³/mol. The van der Waals surface area contributed by atoms with Crippen molar-refractivity contribution in [2.75, 3.05) is 5.32 Å². The Morgan fingerprint density at radius 1 is 1.16 bits per heavy atom. The summed E-state index contributed by atoms with van der Waals surface area (Å²) in [5, 5.41) is 3.56. The molecule has 1 aliphatic rings. The van der Waals surface area contributed by atoms with Gasteiger partial charge in [-0.2, -0.15) is 0 Å². The van der Waals surface area contributed by atoms with Gasteiger partial charge in [0.2, 0.25) is 0 Å². The van der Waals surface area contributed by atoms with Crippen molar-refractivity contribution in [3.63, 3.8) is 0 Å². The summed E-state index contributed by atoms with van der Waals surface area (Å²) < 4.78 is 13.5. The SMILES string of the molecule is Cc1ccc(F)cc1C1Nc2ccccc2CC1C. The quantitative estimate of drug-likeness (QED) is 0.792. The number of fused-ring (bicyclic) bond motifs is 1. The van der Waals surface area contributed by atoms with Crippen LogP contribution in [0.4, 0.5) is 10.1 Å². The van der Waals surface area contributed by atoms with E-state index in [0.29, 0.717) is 5.92 Å². The highest BCUT2D eigenvalue weighted by Crippen LogP contribution is 2.37. The third kappa shape index (κ3) is 2.23.